The highest BCUT2D eigenvalue weighted by Gasteiger charge is 2.27. The van der Waals surface area contributed by atoms with E-state index in [4.69, 9.17) is 9.47 Å². The lowest BCUT2D eigenvalue weighted by molar-refractivity contribution is -0.126. The van der Waals surface area contributed by atoms with Gasteiger partial charge in [0.2, 0.25) is 5.91 Å². The number of nitrogens with zero attached hydrogens (tertiary/aromatic N) is 1. The van der Waals surface area contributed by atoms with Crippen molar-refractivity contribution in [2.75, 3.05) is 59.1 Å². The third kappa shape index (κ3) is 5.25. The van der Waals surface area contributed by atoms with E-state index in [1.807, 2.05) is 0 Å². The number of hydrogen-bond donors (Lipinski definition) is 2. The maximum atomic E-state index is 12.6. The zero-order valence-electron chi connectivity index (χ0n) is 16.8. The molecule has 2 fully saturated rings. The van der Waals surface area contributed by atoms with Crippen molar-refractivity contribution in [3.8, 4) is 5.75 Å². The van der Waals surface area contributed by atoms with Crippen LogP contribution in [0.2, 0.25) is 0 Å². The molecule has 0 saturated carbocycles. The lowest BCUT2D eigenvalue weighted by Gasteiger charge is -2.30. The first kappa shape index (κ1) is 19.7. The summed E-state index contributed by atoms with van der Waals surface area (Å²) in [7, 11) is 0. The number of hydrogen-bond acceptors (Lipinski definition) is 5. The Bertz CT molecular complexity index is 660. The molecule has 0 spiro atoms. The molecule has 1 aliphatic carbocycles. The summed E-state index contributed by atoms with van der Waals surface area (Å²) in [6, 6.07) is 6.51. The van der Waals surface area contributed by atoms with Gasteiger partial charge in [0.15, 0.2) is 0 Å². The molecule has 3 aliphatic rings. The molecule has 0 aromatic heterocycles. The van der Waals surface area contributed by atoms with Crippen LogP contribution in [-0.2, 0) is 22.4 Å². The molecule has 6 heteroatoms. The van der Waals surface area contributed by atoms with E-state index in [1.165, 1.54) is 30.4 Å². The minimum Gasteiger partial charge on any atom is -0.493 e. The zero-order valence-corrected chi connectivity index (χ0v) is 16.8. The SMILES string of the molecule is O=C(NCCN1CCOCC1)[C@H]1CNC[C@@H](COc2ccc3c(c2)CCC3)C1. The summed E-state index contributed by atoms with van der Waals surface area (Å²) in [6.07, 6.45) is 4.52. The van der Waals surface area contributed by atoms with Crippen LogP contribution < -0.4 is 15.4 Å². The number of fused-ring (bicyclic) bond motifs is 1. The molecule has 1 aromatic carbocycles. The molecule has 2 N–H and O–H groups in total. The third-order valence-corrected chi connectivity index (χ3v) is 6.20. The summed E-state index contributed by atoms with van der Waals surface area (Å²) in [5, 5.41) is 6.54. The van der Waals surface area contributed by atoms with Crippen molar-refractivity contribution < 1.29 is 14.3 Å². The van der Waals surface area contributed by atoms with Gasteiger partial charge in [-0.15, -0.1) is 0 Å². The van der Waals surface area contributed by atoms with E-state index < -0.39 is 0 Å². The smallest absolute Gasteiger partial charge is 0.224 e. The topological polar surface area (TPSA) is 62.8 Å². The maximum Gasteiger partial charge on any atom is 0.224 e. The highest BCUT2D eigenvalue weighted by atomic mass is 16.5. The van der Waals surface area contributed by atoms with Crippen molar-refractivity contribution in [3.63, 3.8) is 0 Å². The highest BCUT2D eigenvalue weighted by Crippen LogP contribution is 2.27. The minimum atomic E-state index is 0.0343. The van der Waals surface area contributed by atoms with Crippen molar-refractivity contribution in [1.82, 2.24) is 15.5 Å². The van der Waals surface area contributed by atoms with Crippen LogP contribution in [0.3, 0.4) is 0 Å². The van der Waals surface area contributed by atoms with Crippen LogP contribution in [0, 0.1) is 11.8 Å². The number of amides is 1. The van der Waals surface area contributed by atoms with E-state index in [0.717, 1.165) is 58.1 Å². The lowest BCUT2D eigenvalue weighted by atomic mass is 9.90. The van der Waals surface area contributed by atoms with Gasteiger partial charge in [0.1, 0.15) is 5.75 Å². The van der Waals surface area contributed by atoms with Gasteiger partial charge in [0.25, 0.3) is 0 Å². The molecule has 6 nitrogen and oxygen atoms in total. The largest absolute Gasteiger partial charge is 0.493 e. The van der Waals surface area contributed by atoms with E-state index in [2.05, 4.69) is 33.7 Å². The molecule has 0 bridgehead atoms. The van der Waals surface area contributed by atoms with Crippen molar-refractivity contribution in [2.45, 2.75) is 25.7 Å². The Hall–Kier alpha value is -1.63. The van der Waals surface area contributed by atoms with E-state index in [0.29, 0.717) is 19.1 Å². The van der Waals surface area contributed by atoms with Gasteiger partial charge >= 0.3 is 0 Å². The Balaban J connectivity index is 1.18. The van der Waals surface area contributed by atoms with Crippen molar-refractivity contribution in [3.05, 3.63) is 29.3 Å². The predicted molar refractivity (Wildman–Crippen MR) is 109 cm³/mol. The number of morpholine rings is 1. The van der Waals surface area contributed by atoms with E-state index in [9.17, 15) is 4.79 Å². The Kier molecular flexibility index (Phi) is 6.83. The lowest BCUT2D eigenvalue weighted by Crippen LogP contribution is -2.47. The van der Waals surface area contributed by atoms with Crippen molar-refractivity contribution >= 4 is 5.91 Å². The van der Waals surface area contributed by atoms with Gasteiger partial charge in [-0.1, -0.05) is 6.07 Å². The van der Waals surface area contributed by atoms with Crippen LogP contribution in [0.1, 0.15) is 24.0 Å². The third-order valence-electron chi connectivity index (χ3n) is 6.20. The first-order valence-electron chi connectivity index (χ1n) is 10.8. The summed E-state index contributed by atoms with van der Waals surface area (Å²) in [5.74, 6) is 1.55. The fraction of sp³-hybridized carbons (Fsp3) is 0.682. The maximum absolute atomic E-state index is 12.6. The van der Waals surface area contributed by atoms with Crippen molar-refractivity contribution in [1.29, 1.82) is 0 Å². The first-order chi connectivity index (χ1) is 13.8. The summed E-state index contributed by atoms with van der Waals surface area (Å²) in [5.41, 5.74) is 2.91. The molecular weight excluding hydrogens is 354 g/mol. The van der Waals surface area contributed by atoms with Crippen LogP contribution in [-0.4, -0.2) is 69.9 Å². The molecule has 4 rings (SSSR count). The Morgan fingerprint density at radius 1 is 1.21 bits per heavy atom. The number of ether oxygens (including phenoxy) is 2. The molecule has 154 valence electrons. The molecule has 2 saturated heterocycles. The van der Waals surface area contributed by atoms with E-state index in [1.54, 1.807) is 0 Å². The summed E-state index contributed by atoms with van der Waals surface area (Å²) in [4.78, 5) is 14.9. The van der Waals surface area contributed by atoms with Gasteiger partial charge < -0.3 is 20.1 Å². The molecular formula is C22H33N3O3. The van der Waals surface area contributed by atoms with E-state index >= 15 is 0 Å². The first-order valence-corrected chi connectivity index (χ1v) is 10.8. The van der Waals surface area contributed by atoms with Crippen LogP contribution in [0.25, 0.3) is 0 Å². The van der Waals surface area contributed by atoms with Crippen LogP contribution in [0.15, 0.2) is 18.2 Å². The van der Waals surface area contributed by atoms with Crippen molar-refractivity contribution in [2.24, 2.45) is 11.8 Å². The number of aryl methyl sites for hydroxylation is 2. The number of carbonyl (C=O) groups excluding carboxylic acids is 1. The molecule has 0 unspecified atom stereocenters. The highest BCUT2D eigenvalue weighted by molar-refractivity contribution is 5.79. The molecule has 2 heterocycles. The standard InChI is InChI=1S/C22H33N3O3/c26-22(24-6-7-25-8-10-27-11-9-25)20-12-17(14-23-15-20)16-28-21-5-4-18-2-1-3-19(18)13-21/h4-5,13,17,20,23H,1-3,6-12,14-16H2,(H,24,26)/t17-,20+/m0/s1. The second-order valence-electron chi connectivity index (χ2n) is 8.30. The van der Waals surface area contributed by atoms with E-state index in [-0.39, 0.29) is 11.8 Å². The summed E-state index contributed by atoms with van der Waals surface area (Å²) < 4.78 is 11.4. The summed E-state index contributed by atoms with van der Waals surface area (Å²) in [6.45, 7) is 7.49. The Labute approximate surface area is 168 Å². The number of piperidine rings is 1. The van der Waals surface area contributed by atoms with Gasteiger partial charge in [-0.05, 0) is 48.9 Å². The Morgan fingerprint density at radius 3 is 2.96 bits per heavy atom. The normalized spacial score (nSPS) is 25.3. The van der Waals surface area contributed by atoms with Crippen LogP contribution >= 0.6 is 0 Å². The fourth-order valence-electron chi connectivity index (χ4n) is 4.52. The molecule has 1 aromatic rings. The quantitative estimate of drug-likeness (QED) is 0.737. The number of rotatable bonds is 7. The number of nitrogens with one attached hydrogen (secondary N) is 2. The van der Waals surface area contributed by atoms with Crippen LogP contribution in [0.4, 0.5) is 0 Å². The zero-order chi connectivity index (χ0) is 19.2. The second-order valence-corrected chi connectivity index (χ2v) is 8.30. The molecule has 1 amide bonds. The summed E-state index contributed by atoms with van der Waals surface area (Å²) >= 11 is 0. The molecule has 28 heavy (non-hydrogen) atoms. The van der Waals surface area contributed by atoms with Crippen LogP contribution in [0.5, 0.6) is 5.75 Å². The number of benzene rings is 1. The number of carbonyl (C=O) groups is 1. The van der Waals surface area contributed by atoms with Gasteiger partial charge in [-0.2, -0.15) is 0 Å². The average molecular weight is 388 g/mol. The molecule has 2 atom stereocenters. The van der Waals surface area contributed by atoms with Gasteiger partial charge in [0, 0.05) is 45.2 Å². The average Bonchev–Trinajstić information content (AvgIpc) is 3.21. The fourth-order valence-corrected chi connectivity index (χ4v) is 4.52. The van der Waals surface area contributed by atoms with Gasteiger partial charge in [-0.25, -0.2) is 0 Å². The molecule has 0 radical (unpaired) electrons. The monoisotopic (exact) mass is 387 g/mol. The Morgan fingerprint density at radius 2 is 2.07 bits per heavy atom. The van der Waals surface area contributed by atoms with Gasteiger partial charge in [-0.3, -0.25) is 9.69 Å². The van der Waals surface area contributed by atoms with Gasteiger partial charge in [0.05, 0.1) is 25.7 Å². The predicted octanol–water partition coefficient (Wildman–Crippen LogP) is 1.23. The minimum absolute atomic E-state index is 0.0343. The second kappa shape index (κ2) is 9.72. The molecule has 2 aliphatic heterocycles.